The van der Waals surface area contributed by atoms with Gasteiger partial charge in [-0.3, -0.25) is 0 Å². The molecule has 1 aliphatic rings. The molecule has 7 heteroatoms. The lowest BCUT2D eigenvalue weighted by Gasteiger charge is -2.38. The number of aliphatic hydroxyl groups excluding tert-OH is 3. The van der Waals surface area contributed by atoms with Gasteiger partial charge in [0.2, 0.25) is 6.29 Å². The largest absolute Gasteiger partial charge is 0.462 e. The minimum atomic E-state index is -1.36. The first-order valence-corrected chi connectivity index (χ1v) is 8.06. The van der Waals surface area contributed by atoms with Crippen LogP contribution in [0.5, 0.6) is 5.75 Å². The smallest absolute Gasteiger partial charge is 0.229 e. The normalized spacial score (nSPS) is 29.8. The average Bonchev–Trinajstić information content (AvgIpc) is 2.62. The Labute approximate surface area is 143 Å². The zero-order chi connectivity index (χ0) is 17.6. The van der Waals surface area contributed by atoms with Crippen LogP contribution in [0.2, 0.25) is 0 Å². The molecule has 0 aliphatic carbocycles. The number of rotatable bonds is 2. The molecule has 1 aromatic heterocycles. The second-order valence-electron chi connectivity index (χ2n) is 6.16. The molecule has 1 saturated heterocycles. The zero-order valence-electron chi connectivity index (χ0n) is 13.5. The molecule has 1 fully saturated rings. The number of benzene rings is 2. The maximum absolute atomic E-state index is 10.1. The number of para-hydroxylation sites is 2. The van der Waals surface area contributed by atoms with E-state index in [9.17, 15) is 15.3 Å². The molecule has 0 unspecified atom stereocenters. The lowest BCUT2D eigenvalue weighted by atomic mass is 10.00. The summed E-state index contributed by atoms with van der Waals surface area (Å²) in [5, 5.41) is 29.7. The van der Waals surface area contributed by atoms with Crippen molar-refractivity contribution in [2.24, 2.45) is 0 Å². The van der Waals surface area contributed by atoms with E-state index in [2.05, 4.69) is 9.97 Å². The van der Waals surface area contributed by atoms with E-state index in [0.717, 1.165) is 16.6 Å². The van der Waals surface area contributed by atoms with Crippen LogP contribution in [-0.4, -0.2) is 56.0 Å². The Bertz CT molecular complexity index is 918. The first kappa shape index (κ1) is 16.2. The summed E-state index contributed by atoms with van der Waals surface area (Å²) in [6, 6.07) is 12.7. The van der Waals surface area contributed by atoms with Crippen molar-refractivity contribution in [3.05, 3.63) is 42.5 Å². The monoisotopic (exact) mass is 342 g/mol. The van der Waals surface area contributed by atoms with Crippen molar-refractivity contribution >= 4 is 22.1 Å². The SMILES string of the molecule is C[C@@H]1O[C@H](Oc2ccc3nc4ccccc4nc3c2)[C@@H](O)[C@H](O)[C@H]1O. The summed E-state index contributed by atoms with van der Waals surface area (Å²) in [7, 11) is 0. The summed E-state index contributed by atoms with van der Waals surface area (Å²) < 4.78 is 11.1. The van der Waals surface area contributed by atoms with E-state index in [-0.39, 0.29) is 0 Å². The van der Waals surface area contributed by atoms with Gasteiger partial charge in [-0.1, -0.05) is 12.1 Å². The van der Waals surface area contributed by atoms with Crippen LogP contribution in [0.4, 0.5) is 0 Å². The van der Waals surface area contributed by atoms with E-state index in [1.54, 1.807) is 25.1 Å². The standard InChI is InChI=1S/C18H18N2O5/c1-9-15(21)16(22)17(23)18(24-9)25-10-6-7-13-14(8-10)20-12-5-3-2-4-11(12)19-13/h2-9,15-18,21-23H,1H3/t9-,15-,16+,17-,18+/m0/s1. The topological polar surface area (TPSA) is 105 Å². The van der Waals surface area contributed by atoms with E-state index in [0.29, 0.717) is 11.3 Å². The van der Waals surface area contributed by atoms with Gasteiger partial charge in [0.25, 0.3) is 0 Å². The van der Waals surface area contributed by atoms with Crippen LogP contribution in [0, 0.1) is 0 Å². The van der Waals surface area contributed by atoms with Gasteiger partial charge in [-0.25, -0.2) is 9.97 Å². The summed E-state index contributed by atoms with van der Waals surface area (Å²) >= 11 is 0. The molecule has 1 aliphatic heterocycles. The fraction of sp³-hybridized carbons (Fsp3) is 0.333. The van der Waals surface area contributed by atoms with Crippen molar-refractivity contribution in [3.8, 4) is 5.75 Å². The Balaban J connectivity index is 1.64. The van der Waals surface area contributed by atoms with Gasteiger partial charge in [0.1, 0.15) is 24.1 Å². The minimum absolute atomic E-state index is 0.428. The predicted molar refractivity (Wildman–Crippen MR) is 90.0 cm³/mol. The van der Waals surface area contributed by atoms with Gasteiger partial charge < -0.3 is 24.8 Å². The summed E-state index contributed by atoms with van der Waals surface area (Å²) in [5.74, 6) is 0.428. The molecule has 130 valence electrons. The molecule has 0 bridgehead atoms. The molecule has 2 heterocycles. The fourth-order valence-electron chi connectivity index (χ4n) is 2.92. The molecular formula is C18H18N2O5. The van der Waals surface area contributed by atoms with Gasteiger partial charge in [0.15, 0.2) is 0 Å². The highest BCUT2D eigenvalue weighted by molar-refractivity contribution is 5.86. The van der Waals surface area contributed by atoms with Crippen molar-refractivity contribution in [2.45, 2.75) is 37.6 Å². The minimum Gasteiger partial charge on any atom is -0.462 e. The van der Waals surface area contributed by atoms with Gasteiger partial charge in [0, 0.05) is 6.07 Å². The number of fused-ring (bicyclic) bond motifs is 2. The second kappa shape index (κ2) is 6.20. The van der Waals surface area contributed by atoms with Crippen LogP contribution < -0.4 is 4.74 Å². The molecular weight excluding hydrogens is 324 g/mol. The second-order valence-corrected chi connectivity index (χ2v) is 6.16. The first-order chi connectivity index (χ1) is 12.0. The molecule has 7 nitrogen and oxygen atoms in total. The summed E-state index contributed by atoms with van der Waals surface area (Å²) in [4.78, 5) is 9.10. The molecule has 4 rings (SSSR count). The maximum atomic E-state index is 10.1. The quantitative estimate of drug-likeness (QED) is 0.597. The number of aliphatic hydroxyl groups is 3. The predicted octanol–water partition coefficient (Wildman–Crippen LogP) is 0.989. The highest BCUT2D eigenvalue weighted by atomic mass is 16.7. The molecule has 5 atom stereocenters. The van der Waals surface area contributed by atoms with E-state index in [1.165, 1.54) is 0 Å². The molecule has 3 aromatic rings. The summed E-state index contributed by atoms with van der Waals surface area (Å²) in [6.07, 6.45) is -5.60. The molecule has 0 radical (unpaired) electrons. The zero-order valence-corrected chi connectivity index (χ0v) is 13.5. The van der Waals surface area contributed by atoms with Crippen LogP contribution in [-0.2, 0) is 4.74 Å². The van der Waals surface area contributed by atoms with E-state index in [1.807, 2.05) is 24.3 Å². The van der Waals surface area contributed by atoms with E-state index < -0.39 is 30.7 Å². The van der Waals surface area contributed by atoms with Gasteiger partial charge in [-0.15, -0.1) is 0 Å². The molecule has 0 amide bonds. The van der Waals surface area contributed by atoms with E-state index in [4.69, 9.17) is 9.47 Å². The summed E-state index contributed by atoms with van der Waals surface area (Å²) in [5.41, 5.74) is 2.95. The third-order valence-corrected chi connectivity index (χ3v) is 4.37. The third-order valence-electron chi connectivity index (χ3n) is 4.37. The lowest BCUT2D eigenvalue weighted by molar-refractivity contribution is -0.268. The van der Waals surface area contributed by atoms with Crippen molar-refractivity contribution in [3.63, 3.8) is 0 Å². The van der Waals surface area contributed by atoms with Gasteiger partial charge >= 0.3 is 0 Å². The van der Waals surface area contributed by atoms with Crippen molar-refractivity contribution in [1.29, 1.82) is 0 Å². The van der Waals surface area contributed by atoms with Gasteiger partial charge in [0.05, 0.1) is 28.2 Å². The highest BCUT2D eigenvalue weighted by Crippen LogP contribution is 2.26. The molecule has 0 saturated carbocycles. The number of aromatic nitrogens is 2. The van der Waals surface area contributed by atoms with Gasteiger partial charge in [-0.2, -0.15) is 0 Å². The van der Waals surface area contributed by atoms with Crippen molar-refractivity contribution in [1.82, 2.24) is 9.97 Å². The van der Waals surface area contributed by atoms with Crippen LogP contribution in [0.15, 0.2) is 42.5 Å². The highest BCUT2D eigenvalue weighted by Gasteiger charge is 2.43. The van der Waals surface area contributed by atoms with Crippen LogP contribution in [0.3, 0.4) is 0 Å². The molecule has 3 N–H and O–H groups in total. The first-order valence-electron chi connectivity index (χ1n) is 8.06. The van der Waals surface area contributed by atoms with Crippen LogP contribution in [0.25, 0.3) is 22.1 Å². The Hall–Kier alpha value is -2.32. The number of hydrogen-bond acceptors (Lipinski definition) is 7. The Kier molecular flexibility index (Phi) is 4.01. The van der Waals surface area contributed by atoms with Crippen molar-refractivity contribution < 1.29 is 24.8 Å². The fourth-order valence-corrected chi connectivity index (χ4v) is 2.92. The molecule has 2 aromatic carbocycles. The van der Waals surface area contributed by atoms with Crippen LogP contribution >= 0.6 is 0 Å². The number of nitrogens with zero attached hydrogens (tertiary/aromatic N) is 2. The Morgan fingerprint density at radius 1 is 0.840 bits per heavy atom. The molecule has 25 heavy (non-hydrogen) atoms. The molecule has 0 spiro atoms. The maximum Gasteiger partial charge on any atom is 0.229 e. The summed E-state index contributed by atoms with van der Waals surface area (Å²) in [6.45, 7) is 1.61. The van der Waals surface area contributed by atoms with Gasteiger partial charge in [-0.05, 0) is 31.2 Å². The third kappa shape index (κ3) is 2.91. The van der Waals surface area contributed by atoms with Crippen molar-refractivity contribution in [2.75, 3.05) is 0 Å². The Morgan fingerprint density at radius 3 is 2.20 bits per heavy atom. The Morgan fingerprint density at radius 2 is 1.48 bits per heavy atom. The van der Waals surface area contributed by atoms with Crippen LogP contribution in [0.1, 0.15) is 6.92 Å². The lowest BCUT2D eigenvalue weighted by Crippen LogP contribution is -2.58. The number of ether oxygens (including phenoxy) is 2. The number of hydrogen-bond donors (Lipinski definition) is 3. The average molecular weight is 342 g/mol. The van der Waals surface area contributed by atoms with E-state index >= 15 is 0 Å².